The average molecular weight is 171 g/mol. The summed E-state index contributed by atoms with van der Waals surface area (Å²) in [7, 11) is 0. The van der Waals surface area contributed by atoms with Gasteiger partial charge in [0, 0.05) is 16.7 Å². The number of hydrogen-bond donors (Lipinski definition) is 0. The Kier molecular flexibility index (Phi) is 2.63. The second-order valence-corrected chi connectivity index (χ2v) is 5.68. The van der Waals surface area contributed by atoms with Crippen LogP contribution in [0.4, 0.5) is 0 Å². The fourth-order valence-electron chi connectivity index (χ4n) is 1.02. The lowest BCUT2D eigenvalue weighted by Crippen LogP contribution is -2.29. The largest absolute Gasteiger partial charge is 0.292 e. The molecule has 1 nitrogen and oxygen atoms in total. The average Bonchev–Trinajstić information content (AvgIpc) is 1.86. The number of aliphatic imine (C=N–C) groups is 1. The molecule has 0 aliphatic carbocycles. The van der Waals surface area contributed by atoms with Gasteiger partial charge < -0.3 is 0 Å². The Labute approximate surface area is 73.7 Å². The molecule has 0 fully saturated rings. The van der Waals surface area contributed by atoms with Crippen molar-refractivity contribution in [3.8, 4) is 0 Å². The summed E-state index contributed by atoms with van der Waals surface area (Å²) in [6.07, 6.45) is 2.10. The smallest absolute Gasteiger partial charge is 0.0609 e. The second-order valence-electron chi connectivity index (χ2n) is 4.00. The molecule has 1 heterocycles. The first-order valence-corrected chi connectivity index (χ1v) is 5.18. The first kappa shape index (κ1) is 9.11. The van der Waals surface area contributed by atoms with Crippen molar-refractivity contribution in [2.45, 2.75) is 38.5 Å². The third kappa shape index (κ3) is 2.51. The minimum absolute atomic E-state index is 0.269. The van der Waals surface area contributed by atoms with E-state index in [1.54, 1.807) is 0 Å². The fourth-order valence-corrected chi connectivity index (χ4v) is 2.23. The molecule has 0 saturated carbocycles. The van der Waals surface area contributed by atoms with Crippen LogP contribution in [0.1, 0.15) is 27.7 Å². The Balaban J connectivity index is 2.56. The van der Waals surface area contributed by atoms with E-state index < -0.39 is 0 Å². The molecule has 0 bridgehead atoms. The lowest BCUT2D eigenvalue weighted by atomic mass is 10.1. The van der Waals surface area contributed by atoms with E-state index in [9.17, 15) is 0 Å². The van der Waals surface area contributed by atoms with Crippen molar-refractivity contribution >= 4 is 18.0 Å². The molecule has 1 atom stereocenters. The third-order valence-electron chi connectivity index (χ3n) is 1.97. The zero-order valence-electron chi connectivity index (χ0n) is 7.79. The van der Waals surface area contributed by atoms with Crippen LogP contribution in [0.15, 0.2) is 4.99 Å². The van der Waals surface area contributed by atoms with Gasteiger partial charge in [0.25, 0.3) is 0 Å². The number of rotatable bonds is 1. The molecule has 11 heavy (non-hydrogen) atoms. The van der Waals surface area contributed by atoms with Gasteiger partial charge in [-0.2, -0.15) is 0 Å². The van der Waals surface area contributed by atoms with Crippen LogP contribution in [0, 0.1) is 5.92 Å². The van der Waals surface area contributed by atoms with Crippen molar-refractivity contribution in [3.05, 3.63) is 0 Å². The van der Waals surface area contributed by atoms with Crippen molar-refractivity contribution in [1.82, 2.24) is 0 Å². The van der Waals surface area contributed by atoms with Crippen LogP contribution in [0.3, 0.4) is 0 Å². The third-order valence-corrected chi connectivity index (χ3v) is 3.33. The summed E-state index contributed by atoms with van der Waals surface area (Å²) in [5.74, 6) is 1.87. The van der Waals surface area contributed by atoms with E-state index in [2.05, 4.69) is 38.9 Å². The van der Waals surface area contributed by atoms with Crippen LogP contribution in [-0.4, -0.2) is 22.8 Å². The zero-order valence-corrected chi connectivity index (χ0v) is 8.61. The highest BCUT2D eigenvalue weighted by molar-refractivity contribution is 8.01. The van der Waals surface area contributed by atoms with Crippen LogP contribution in [0.2, 0.25) is 0 Å². The molecular formula is C9H17NS. The lowest BCUT2D eigenvalue weighted by molar-refractivity contribution is 0.533. The molecular weight excluding hydrogens is 154 g/mol. The Morgan fingerprint density at radius 1 is 1.55 bits per heavy atom. The first-order valence-electron chi connectivity index (χ1n) is 4.19. The van der Waals surface area contributed by atoms with Crippen molar-refractivity contribution in [2.24, 2.45) is 10.9 Å². The fraction of sp³-hybridized carbons (Fsp3) is 0.889. The van der Waals surface area contributed by atoms with Gasteiger partial charge in [0.1, 0.15) is 0 Å². The predicted molar refractivity (Wildman–Crippen MR) is 53.7 cm³/mol. The van der Waals surface area contributed by atoms with Gasteiger partial charge in [-0.25, -0.2) is 0 Å². The van der Waals surface area contributed by atoms with Gasteiger partial charge in [-0.1, -0.05) is 13.8 Å². The summed E-state index contributed by atoms with van der Waals surface area (Å²) in [6.45, 7) is 8.91. The molecule has 0 aromatic heterocycles. The Morgan fingerprint density at radius 3 is 2.55 bits per heavy atom. The Bertz CT molecular complexity index is 161. The van der Waals surface area contributed by atoms with Crippen molar-refractivity contribution in [2.75, 3.05) is 5.75 Å². The highest BCUT2D eigenvalue weighted by Gasteiger charge is 2.24. The minimum Gasteiger partial charge on any atom is -0.292 e. The molecule has 0 amide bonds. The Morgan fingerprint density at radius 2 is 2.18 bits per heavy atom. The molecule has 1 rings (SSSR count). The highest BCUT2D eigenvalue weighted by Crippen LogP contribution is 2.29. The molecule has 0 spiro atoms. The van der Waals surface area contributed by atoms with Gasteiger partial charge in [-0.3, -0.25) is 4.99 Å². The standard InChI is InChI=1S/C9H17NS/c1-7(2)8-5-11-9(3,4)6-10-8/h6-8H,5H2,1-4H3. The van der Waals surface area contributed by atoms with Crippen LogP contribution in [0.25, 0.3) is 0 Å². The van der Waals surface area contributed by atoms with Crippen LogP contribution >= 0.6 is 11.8 Å². The van der Waals surface area contributed by atoms with E-state index >= 15 is 0 Å². The van der Waals surface area contributed by atoms with Gasteiger partial charge in [0.05, 0.1) is 6.04 Å². The van der Waals surface area contributed by atoms with E-state index in [1.165, 1.54) is 5.75 Å². The van der Waals surface area contributed by atoms with Crippen LogP contribution in [-0.2, 0) is 0 Å². The maximum atomic E-state index is 4.54. The van der Waals surface area contributed by atoms with Crippen molar-refractivity contribution in [1.29, 1.82) is 0 Å². The van der Waals surface area contributed by atoms with Gasteiger partial charge in [0.2, 0.25) is 0 Å². The SMILES string of the molecule is CC(C)C1CSC(C)(C)C=N1. The molecule has 0 radical (unpaired) electrons. The molecule has 1 unspecified atom stereocenters. The monoisotopic (exact) mass is 171 g/mol. The molecule has 0 N–H and O–H groups in total. The predicted octanol–water partition coefficient (Wildman–Crippen LogP) is 2.61. The normalized spacial score (nSPS) is 29.4. The highest BCUT2D eigenvalue weighted by atomic mass is 32.2. The van der Waals surface area contributed by atoms with E-state index in [-0.39, 0.29) is 4.75 Å². The molecule has 1 aliphatic heterocycles. The second kappa shape index (κ2) is 3.18. The van der Waals surface area contributed by atoms with Crippen molar-refractivity contribution in [3.63, 3.8) is 0 Å². The van der Waals surface area contributed by atoms with Crippen LogP contribution in [0.5, 0.6) is 0 Å². The van der Waals surface area contributed by atoms with Crippen molar-refractivity contribution < 1.29 is 0 Å². The maximum Gasteiger partial charge on any atom is 0.0609 e. The van der Waals surface area contributed by atoms with Crippen LogP contribution < -0.4 is 0 Å². The molecule has 0 aromatic rings. The van der Waals surface area contributed by atoms with Gasteiger partial charge in [0.15, 0.2) is 0 Å². The quantitative estimate of drug-likeness (QED) is 0.591. The summed E-state index contributed by atoms with van der Waals surface area (Å²) >= 11 is 2.01. The minimum atomic E-state index is 0.269. The van der Waals surface area contributed by atoms with E-state index in [0.717, 1.165) is 0 Å². The lowest BCUT2D eigenvalue weighted by Gasteiger charge is -2.28. The van der Waals surface area contributed by atoms with E-state index in [0.29, 0.717) is 12.0 Å². The molecule has 2 heteroatoms. The molecule has 0 aromatic carbocycles. The summed E-state index contributed by atoms with van der Waals surface area (Å²) in [6, 6.07) is 0.549. The molecule has 1 aliphatic rings. The summed E-state index contributed by atoms with van der Waals surface area (Å²) < 4.78 is 0.269. The van der Waals surface area contributed by atoms with Gasteiger partial charge in [-0.05, 0) is 19.8 Å². The summed E-state index contributed by atoms with van der Waals surface area (Å²) in [5.41, 5.74) is 0. The maximum absolute atomic E-state index is 4.54. The molecule has 0 saturated heterocycles. The summed E-state index contributed by atoms with van der Waals surface area (Å²) in [5, 5.41) is 0. The van der Waals surface area contributed by atoms with E-state index in [4.69, 9.17) is 0 Å². The molecule has 64 valence electrons. The van der Waals surface area contributed by atoms with Gasteiger partial charge >= 0.3 is 0 Å². The first-order chi connectivity index (χ1) is 5.01. The summed E-state index contributed by atoms with van der Waals surface area (Å²) in [4.78, 5) is 4.54. The topological polar surface area (TPSA) is 12.4 Å². The number of thioether (sulfide) groups is 1. The zero-order chi connectivity index (χ0) is 8.48. The van der Waals surface area contributed by atoms with Gasteiger partial charge in [-0.15, -0.1) is 11.8 Å². The number of nitrogens with zero attached hydrogens (tertiary/aromatic N) is 1. The number of hydrogen-bond acceptors (Lipinski definition) is 2. The van der Waals surface area contributed by atoms with E-state index in [1.807, 2.05) is 11.8 Å². The Hall–Kier alpha value is 0.0200.